The molecular formula is C23H13FN2O4. The van der Waals surface area contributed by atoms with Gasteiger partial charge in [0.05, 0.1) is 22.9 Å². The lowest BCUT2D eigenvalue weighted by atomic mass is 10.0. The van der Waals surface area contributed by atoms with E-state index in [0.717, 1.165) is 11.5 Å². The number of carbonyl (C=O) groups is 2. The standard InChI is InChI=1S/C23H13FN2O4/c24-18-12-14(23(28)29)8-9-15(18)20-16-5-1-2-7-19(16)26(25-20)22(27)17-6-3-4-13-10-11-30-21(13)17/h1-12H,(H,28,29). The molecule has 0 spiro atoms. The molecular weight excluding hydrogens is 387 g/mol. The Hall–Kier alpha value is -4.26. The van der Waals surface area contributed by atoms with Gasteiger partial charge in [-0.3, -0.25) is 4.79 Å². The molecule has 6 nitrogen and oxygen atoms in total. The van der Waals surface area contributed by atoms with Crippen molar-refractivity contribution in [2.24, 2.45) is 0 Å². The third-order valence-corrected chi connectivity index (χ3v) is 4.96. The minimum absolute atomic E-state index is 0.110. The molecule has 0 amide bonds. The molecule has 0 fully saturated rings. The van der Waals surface area contributed by atoms with Crippen LogP contribution in [0.4, 0.5) is 4.39 Å². The maximum absolute atomic E-state index is 14.7. The molecule has 5 aromatic rings. The Balaban J connectivity index is 1.71. The Morgan fingerprint density at radius 1 is 1.00 bits per heavy atom. The quantitative estimate of drug-likeness (QED) is 0.462. The predicted octanol–water partition coefficient (Wildman–Crippen LogP) is 4.98. The molecule has 3 aromatic carbocycles. The number of furan rings is 1. The monoisotopic (exact) mass is 400 g/mol. The molecule has 0 aliphatic carbocycles. The first kappa shape index (κ1) is 17.8. The van der Waals surface area contributed by atoms with Gasteiger partial charge in [0.2, 0.25) is 0 Å². The van der Waals surface area contributed by atoms with Gasteiger partial charge >= 0.3 is 5.97 Å². The van der Waals surface area contributed by atoms with Gasteiger partial charge in [0.25, 0.3) is 5.91 Å². The van der Waals surface area contributed by atoms with Crippen molar-refractivity contribution in [1.29, 1.82) is 0 Å². The number of hydrogen-bond donors (Lipinski definition) is 1. The van der Waals surface area contributed by atoms with Gasteiger partial charge in [-0.05, 0) is 36.4 Å². The summed E-state index contributed by atoms with van der Waals surface area (Å²) in [4.78, 5) is 24.4. The number of hydrogen-bond acceptors (Lipinski definition) is 4. The molecule has 0 atom stereocenters. The van der Waals surface area contributed by atoms with Crippen molar-refractivity contribution in [2.45, 2.75) is 0 Å². The fraction of sp³-hybridized carbons (Fsp3) is 0. The van der Waals surface area contributed by atoms with E-state index in [0.29, 0.717) is 22.0 Å². The number of carboxylic acids is 1. The Morgan fingerprint density at radius 2 is 1.83 bits per heavy atom. The summed E-state index contributed by atoms with van der Waals surface area (Å²) < 4.78 is 21.4. The number of nitrogens with zero attached hydrogens (tertiary/aromatic N) is 2. The summed E-state index contributed by atoms with van der Waals surface area (Å²) in [6.07, 6.45) is 1.51. The van der Waals surface area contributed by atoms with Gasteiger partial charge in [-0.25, -0.2) is 9.18 Å². The molecule has 0 aliphatic heterocycles. The van der Waals surface area contributed by atoms with Crippen LogP contribution in [0.2, 0.25) is 0 Å². The van der Waals surface area contributed by atoms with Crippen molar-refractivity contribution in [3.63, 3.8) is 0 Å². The highest BCUT2D eigenvalue weighted by Crippen LogP contribution is 2.31. The Morgan fingerprint density at radius 3 is 2.63 bits per heavy atom. The lowest BCUT2D eigenvalue weighted by Gasteiger charge is -2.03. The van der Waals surface area contributed by atoms with Crippen LogP contribution >= 0.6 is 0 Å². The number of benzene rings is 3. The minimum atomic E-state index is -1.22. The number of carbonyl (C=O) groups excluding carboxylic acids is 1. The van der Waals surface area contributed by atoms with Crippen LogP contribution in [0, 0.1) is 5.82 Å². The topological polar surface area (TPSA) is 85.3 Å². The van der Waals surface area contributed by atoms with E-state index in [-0.39, 0.29) is 16.8 Å². The lowest BCUT2D eigenvalue weighted by molar-refractivity contribution is 0.0696. The smallest absolute Gasteiger partial charge is 0.335 e. The number of halogens is 1. The molecule has 0 aliphatic rings. The van der Waals surface area contributed by atoms with Crippen molar-refractivity contribution < 1.29 is 23.5 Å². The third kappa shape index (κ3) is 2.68. The van der Waals surface area contributed by atoms with Gasteiger partial charge in [0.1, 0.15) is 17.1 Å². The van der Waals surface area contributed by atoms with E-state index in [4.69, 9.17) is 9.52 Å². The summed E-state index contributed by atoms with van der Waals surface area (Å²) in [5.41, 5.74) is 1.47. The van der Waals surface area contributed by atoms with Crippen LogP contribution < -0.4 is 0 Å². The summed E-state index contributed by atoms with van der Waals surface area (Å²) in [5, 5.41) is 14.8. The maximum Gasteiger partial charge on any atom is 0.335 e. The summed E-state index contributed by atoms with van der Waals surface area (Å²) in [6, 6.07) is 17.6. The van der Waals surface area contributed by atoms with E-state index in [1.54, 1.807) is 42.5 Å². The molecule has 7 heteroatoms. The van der Waals surface area contributed by atoms with Crippen molar-refractivity contribution in [3.05, 3.63) is 89.9 Å². The number of carboxylic acid groups (broad SMARTS) is 1. The average molecular weight is 400 g/mol. The van der Waals surface area contributed by atoms with E-state index < -0.39 is 17.7 Å². The molecule has 0 radical (unpaired) electrons. The molecule has 2 heterocycles. The lowest BCUT2D eigenvalue weighted by Crippen LogP contribution is -2.14. The molecule has 0 saturated carbocycles. The second kappa shape index (κ2) is 6.66. The molecule has 5 rings (SSSR count). The van der Waals surface area contributed by atoms with Crippen LogP contribution in [0.15, 0.2) is 77.4 Å². The summed E-state index contributed by atoms with van der Waals surface area (Å²) in [6.45, 7) is 0. The predicted molar refractivity (Wildman–Crippen MR) is 108 cm³/mol. The zero-order valence-corrected chi connectivity index (χ0v) is 15.4. The van der Waals surface area contributed by atoms with Crippen LogP contribution in [0.25, 0.3) is 33.1 Å². The first-order chi connectivity index (χ1) is 14.5. The van der Waals surface area contributed by atoms with E-state index in [2.05, 4.69) is 5.10 Å². The van der Waals surface area contributed by atoms with Crippen LogP contribution in [-0.2, 0) is 0 Å². The van der Waals surface area contributed by atoms with Crippen LogP contribution in [0.1, 0.15) is 20.7 Å². The highest BCUT2D eigenvalue weighted by atomic mass is 19.1. The van der Waals surface area contributed by atoms with Gasteiger partial charge < -0.3 is 9.52 Å². The number of para-hydroxylation sites is 2. The van der Waals surface area contributed by atoms with Gasteiger partial charge in [0.15, 0.2) is 0 Å². The SMILES string of the molecule is O=C(O)c1ccc(-c2nn(C(=O)c3cccc4ccoc34)c3ccccc23)c(F)c1. The highest BCUT2D eigenvalue weighted by molar-refractivity contribution is 6.10. The Bertz CT molecular complexity index is 1460. The molecule has 2 aromatic heterocycles. The van der Waals surface area contributed by atoms with Crippen molar-refractivity contribution in [3.8, 4) is 11.3 Å². The summed E-state index contributed by atoms with van der Waals surface area (Å²) >= 11 is 0. The first-order valence-corrected chi connectivity index (χ1v) is 9.06. The maximum atomic E-state index is 14.7. The zero-order valence-electron chi connectivity index (χ0n) is 15.4. The van der Waals surface area contributed by atoms with E-state index in [9.17, 15) is 14.0 Å². The van der Waals surface area contributed by atoms with Gasteiger partial charge in [-0.1, -0.05) is 30.3 Å². The average Bonchev–Trinajstić information content (AvgIpc) is 3.38. The second-order valence-corrected chi connectivity index (χ2v) is 6.73. The van der Waals surface area contributed by atoms with Gasteiger partial charge in [-0.15, -0.1) is 0 Å². The van der Waals surface area contributed by atoms with Gasteiger partial charge in [0, 0.05) is 16.3 Å². The highest BCUT2D eigenvalue weighted by Gasteiger charge is 2.22. The Kier molecular flexibility index (Phi) is 3.96. The zero-order chi connectivity index (χ0) is 20.8. The molecule has 0 saturated heterocycles. The van der Waals surface area contributed by atoms with Crippen LogP contribution in [0.5, 0.6) is 0 Å². The Labute approximate surface area is 168 Å². The third-order valence-electron chi connectivity index (χ3n) is 4.96. The number of aromatic carboxylic acids is 1. The molecule has 0 bridgehead atoms. The van der Waals surface area contributed by atoms with E-state index >= 15 is 0 Å². The summed E-state index contributed by atoms with van der Waals surface area (Å²) in [7, 11) is 0. The van der Waals surface area contributed by atoms with Crippen molar-refractivity contribution in [2.75, 3.05) is 0 Å². The van der Waals surface area contributed by atoms with Crippen LogP contribution in [-0.4, -0.2) is 26.8 Å². The largest absolute Gasteiger partial charge is 0.478 e. The van der Waals surface area contributed by atoms with Gasteiger partial charge in [-0.2, -0.15) is 9.78 Å². The minimum Gasteiger partial charge on any atom is -0.478 e. The molecule has 1 N–H and O–H groups in total. The van der Waals surface area contributed by atoms with E-state index in [1.165, 1.54) is 23.1 Å². The molecule has 146 valence electrons. The second-order valence-electron chi connectivity index (χ2n) is 6.73. The van der Waals surface area contributed by atoms with E-state index in [1.807, 2.05) is 6.07 Å². The number of rotatable bonds is 3. The summed E-state index contributed by atoms with van der Waals surface area (Å²) in [5.74, 6) is -2.37. The normalized spacial score (nSPS) is 11.2. The molecule has 0 unspecified atom stereocenters. The first-order valence-electron chi connectivity index (χ1n) is 9.06. The fourth-order valence-electron chi connectivity index (χ4n) is 3.54. The molecule has 30 heavy (non-hydrogen) atoms. The fourth-order valence-corrected chi connectivity index (χ4v) is 3.54. The van der Waals surface area contributed by atoms with Crippen molar-refractivity contribution >= 4 is 33.7 Å². The number of fused-ring (bicyclic) bond motifs is 2. The van der Waals surface area contributed by atoms with Crippen LogP contribution in [0.3, 0.4) is 0 Å². The number of aromatic nitrogens is 2. The van der Waals surface area contributed by atoms with Crippen molar-refractivity contribution in [1.82, 2.24) is 9.78 Å².